The van der Waals surface area contributed by atoms with E-state index in [1.165, 1.54) is 28.9 Å². The number of carbonyl (C=O) groups excluding carboxylic acids is 6. The van der Waals surface area contributed by atoms with Crippen molar-refractivity contribution in [3.8, 4) is 38.0 Å². The lowest BCUT2D eigenvalue weighted by molar-refractivity contribution is -0.384. The number of rotatable bonds is 38. The minimum atomic E-state index is -4.12. The average Bonchev–Trinajstić information content (AvgIpc) is 1.51. The van der Waals surface area contributed by atoms with Gasteiger partial charge in [-0.2, -0.15) is 8.42 Å². The van der Waals surface area contributed by atoms with Crippen molar-refractivity contribution in [1.29, 1.82) is 0 Å². The van der Waals surface area contributed by atoms with Crippen molar-refractivity contribution < 1.29 is 84.6 Å². The molecule has 7 unspecified atom stereocenters. The van der Waals surface area contributed by atoms with Gasteiger partial charge in [0.05, 0.1) is 49.5 Å². The Morgan fingerprint density at radius 3 is 1.21 bits per heavy atom. The highest BCUT2D eigenvalue weighted by Gasteiger charge is 2.28. The Bertz CT molecular complexity index is 5650. The molecule has 6 N–H and O–H groups in total. The van der Waals surface area contributed by atoms with Crippen LogP contribution in [0.1, 0.15) is 173 Å². The fraction of sp³-hybridized carbons (Fsp3) is 0.302. The van der Waals surface area contributed by atoms with Crippen LogP contribution in [0.3, 0.4) is 0 Å². The van der Waals surface area contributed by atoms with Gasteiger partial charge in [0.2, 0.25) is 5.88 Å². The van der Waals surface area contributed by atoms with Crippen molar-refractivity contribution in [2.24, 2.45) is 5.84 Å². The highest BCUT2D eigenvalue weighted by Crippen LogP contribution is 2.34. The van der Waals surface area contributed by atoms with Crippen LogP contribution in [0.4, 0.5) is 5.69 Å². The van der Waals surface area contributed by atoms with E-state index in [1.54, 1.807) is 105 Å². The molecule has 0 saturated heterocycles. The average molecular weight is 2000 g/mol. The number of nitrogens with two attached hydrogens (primary N) is 1. The first-order valence-corrected chi connectivity index (χ1v) is 48.0. The van der Waals surface area contributed by atoms with Crippen LogP contribution >= 0.6 is 49.9 Å². The van der Waals surface area contributed by atoms with E-state index < -0.39 is 57.4 Å². The molecule has 13 rings (SSSR count). The number of pyridine rings is 5. The number of aromatic nitrogens is 11. The van der Waals surface area contributed by atoms with E-state index in [4.69, 9.17) is 38.4 Å². The van der Waals surface area contributed by atoms with Gasteiger partial charge < -0.3 is 38.3 Å². The van der Waals surface area contributed by atoms with Gasteiger partial charge in [0.25, 0.3) is 40.0 Å². The van der Waals surface area contributed by atoms with Crippen LogP contribution in [0.2, 0.25) is 0 Å². The van der Waals surface area contributed by atoms with E-state index in [0.717, 1.165) is 85.8 Å². The van der Waals surface area contributed by atoms with Gasteiger partial charge in [0.1, 0.15) is 73.1 Å². The maximum absolute atomic E-state index is 12.5. The van der Waals surface area contributed by atoms with Gasteiger partial charge in [0, 0.05) is 49.2 Å². The minimum absolute atomic E-state index is 0.0323. The molecular weight excluding hydrogens is 1890 g/mol. The molecule has 0 saturated carbocycles. The number of aliphatic hydroxyl groups is 1. The number of ether oxygens (including phenoxy) is 7. The Kier molecular flexibility index (Phi) is 53.1. The summed E-state index contributed by atoms with van der Waals surface area (Å²) in [5, 5.41) is 48.9. The molecule has 136 heavy (non-hydrogen) atoms. The van der Waals surface area contributed by atoms with Gasteiger partial charge in [-0.05, 0) is 148 Å². The van der Waals surface area contributed by atoms with Crippen LogP contribution in [-0.4, -0.2) is 146 Å². The predicted octanol–water partition coefficient (Wildman–Crippen LogP) is 17.4. The van der Waals surface area contributed by atoms with Crippen molar-refractivity contribution >= 4 is 102 Å². The Morgan fingerprint density at radius 1 is 0.441 bits per heavy atom. The minimum Gasteiger partial charge on any atom is -0.465 e. The molecule has 7 atom stereocenters. The number of nitro groups is 1. The number of carbonyl (C=O) groups is 6. The number of benzene rings is 5. The SMILES string of the molecule is CCC(O)c1nnc(-c2ccccn2)s1.CCC(OCc1ccccc1)C(=O)NN.CCC(OCc1ccccc1)C(=O)NNC(=O)c1ccccn1.CCC(OCc1ccccc1)c1nnc(-c2ccccn2)s1.CCC(OS(=O)(=O)c1ccc([N+](=O)[O-])cc1)c1nnc(-c2ccccn2)s1.CCOC(=O)C(Br)CC.CCOC(=O)C(CC)OCc1ccccc1.O=COc1ccccn1. The van der Waals surface area contributed by atoms with E-state index in [2.05, 4.69) is 112 Å². The van der Waals surface area contributed by atoms with Crippen LogP contribution in [0.15, 0.2) is 272 Å². The van der Waals surface area contributed by atoms with Gasteiger partial charge in [0.15, 0.2) is 21.1 Å². The maximum Gasteiger partial charge on any atom is 0.335 e. The number of nitrogens with one attached hydrogen (secondary N) is 3. The second-order valence-corrected chi connectivity index (χ2v) is 33.5. The summed E-state index contributed by atoms with van der Waals surface area (Å²) in [6, 6.07) is 70.6. The number of hydrogen-bond donors (Lipinski definition) is 5. The topological polar surface area (TPSA) is 478 Å². The molecule has 8 heterocycles. The molecule has 0 aliphatic rings. The molecule has 0 radical (unpaired) electrons. The Hall–Kier alpha value is -13.1. The number of non-ortho nitro benzene ring substituents is 1. The van der Waals surface area contributed by atoms with Gasteiger partial charge in [-0.1, -0.05) is 250 Å². The summed E-state index contributed by atoms with van der Waals surface area (Å²) in [5.41, 5.74) is 13.3. The summed E-state index contributed by atoms with van der Waals surface area (Å²) < 4.78 is 66.9. The zero-order valence-corrected chi connectivity index (χ0v) is 81.3. The number of nitro benzene ring substituents is 1. The van der Waals surface area contributed by atoms with Crippen LogP contribution in [-0.2, 0) is 93.1 Å². The number of aliphatic hydroxyl groups excluding tert-OH is 1. The van der Waals surface area contributed by atoms with Crippen LogP contribution in [0, 0.1) is 10.1 Å². The first-order valence-electron chi connectivity index (χ1n) is 43.2. The number of hydrogen-bond acceptors (Lipinski definition) is 34. The summed E-state index contributed by atoms with van der Waals surface area (Å²) in [6.07, 6.45) is 9.61. The molecule has 5 aromatic carbocycles. The van der Waals surface area contributed by atoms with Crippen molar-refractivity contribution in [3.63, 3.8) is 0 Å². The third kappa shape index (κ3) is 41.4. The number of esters is 2. The molecule has 0 aliphatic heterocycles. The first kappa shape index (κ1) is 112. The monoisotopic (exact) mass is 2000 g/mol. The second-order valence-electron chi connectivity index (χ2n) is 27.8. The Morgan fingerprint density at radius 2 is 0.831 bits per heavy atom. The fourth-order valence-electron chi connectivity index (χ4n) is 10.8. The van der Waals surface area contributed by atoms with E-state index >= 15 is 0 Å². The Balaban J connectivity index is 0.000000244. The van der Waals surface area contributed by atoms with E-state index in [9.17, 15) is 52.4 Å². The van der Waals surface area contributed by atoms with Crippen molar-refractivity contribution in [3.05, 3.63) is 321 Å². The summed E-state index contributed by atoms with van der Waals surface area (Å²) in [5.74, 6) is 3.77. The van der Waals surface area contributed by atoms with E-state index in [1.807, 2.05) is 186 Å². The standard InChI is InChI=1S/C17H19N3O3.C17H17N3OS.C16H14N4O5S2.C13H18O3.C11H16N2O2.C10H11N3OS.C6H11BrO2.C6H5NO2/c1-2-15(23-12-13-8-4-3-5-9-13)17(22)20-19-16(21)14-10-6-7-11-18-14;1-2-15(21-12-13-8-4-3-5-9-13)17-20-19-16(22-17)14-10-6-7-11-18-14;1-2-14(16-19-18-15(26-16)13-5-3-4-10-17-13)25-27(23,24)12-8-6-11(7-9-12)20(21)22;1-3-12(13(14)15-4-2)16-10-11-8-6-5-7-9-11;1-2-10(11(14)13-12)15-8-9-6-4-3-5-7-9;1-2-8(14)10-13-12-9(15-10)7-5-3-4-6-11-7;1-3-5(7)6(8)9-4-2;8-5-9-6-3-1-2-4-7-6/h3-11,15H,2,12H2,1H3,(H,19,21)(H,20,22);3-11,15H,2,12H2,1H3;3-10,14H,2H2,1H3;5-9,12H,3-4,10H2,1-2H3;3-7,10H,2,8,12H2,1H3,(H,13,14);3-6,8,14H,2H2,1H3;5H,3-4H2,1-2H3;1-5H. The summed E-state index contributed by atoms with van der Waals surface area (Å²) >= 11 is 7.29. The predicted molar refractivity (Wildman–Crippen MR) is 519 cm³/mol. The third-order valence-corrected chi connectivity index (χ3v) is 23.5. The first-order chi connectivity index (χ1) is 66.0. The quantitative estimate of drug-likeness (QED) is 0.00351. The van der Waals surface area contributed by atoms with Gasteiger partial charge in [-0.25, -0.2) is 15.6 Å². The molecule has 13 aromatic rings. The van der Waals surface area contributed by atoms with E-state index in [-0.39, 0.29) is 45.1 Å². The van der Waals surface area contributed by atoms with Crippen molar-refractivity contribution in [2.75, 3.05) is 13.2 Å². The number of halogens is 1. The largest absolute Gasteiger partial charge is 0.465 e. The molecule has 0 fully saturated rings. The number of hydrazine groups is 2. The van der Waals surface area contributed by atoms with Crippen LogP contribution in [0.25, 0.3) is 32.1 Å². The van der Waals surface area contributed by atoms with Gasteiger partial charge in [-0.3, -0.25) is 74.5 Å². The van der Waals surface area contributed by atoms with E-state index in [0.29, 0.717) is 105 Å². The molecule has 35 nitrogen and oxygen atoms in total. The number of amides is 3. The number of nitrogens with zero attached hydrogens (tertiary/aromatic N) is 12. The molecule has 0 spiro atoms. The molecule has 8 aromatic heterocycles. The lowest BCUT2D eigenvalue weighted by atomic mass is 10.2. The normalized spacial score (nSPS) is 12.0. The second kappa shape index (κ2) is 64.7. The van der Waals surface area contributed by atoms with Crippen molar-refractivity contribution in [2.45, 2.75) is 180 Å². The van der Waals surface area contributed by atoms with Crippen LogP contribution in [0.5, 0.6) is 5.88 Å². The number of alkyl halides is 1. The zero-order chi connectivity index (χ0) is 98.5. The highest BCUT2D eigenvalue weighted by molar-refractivity contribution is 9.10. The smallest absolute Gasteiger partial charge is 0.335 e. The summed E-state index contributed by atoms with van der Waals surface area (Å²) in [6.45, 7) is 19.9. The Labute approximate surface area is 810 Å². The molecule has 40 heteroatoms. The molecule has 720 valence electrons. The van der Waals surface area contributed by atoms with Crippen LogP contribution < -0.4 is 26.9 Å². The lowest BCUT2D eigenvalue weighted by Crippen LogP contribution is -2.47. The zero-order valence-electron chi connectivity index (χ0n) is 76.5. The lowest BCUT2D eigenvalue weighted by Gasteiger charge is -2.16. The fourth-order valence-corrected chi connectivity index (χ4v) is 14.9. The molecule has 3 amide bonds. The summed E-state index contributed by atoms with van der Waals surface area (Å²) in [4.78, 5) is 97.0. The summed E-state index contributed by atoms with van der Waals surface area (Å²) in [7, 11) is -4.12. The van der Waals surface area contributed by atoms with Gasteiger partial charge in [-0.15, -0.1) is 30.6 Å². The molecule has 0 bridgehead atoms. The van der Waals surface area contributed by atoms with Gasteiger partial charge >= 0.3 is 11.9 Å². The molecule has 0 aliphatic carbocycles. The molecular formula is C96H111BrN16O19S4. The van der Waals surface area contributed by atoms with Crippen molar-refractivity contribution in [1.82, 2.24) is 71.8 Å². The third-order valence-electron chi connectivity index (χ3n) is 18.0. The highest BCUT2D eigenvalue weighted by atomic mass is 79.9. The maximum atomic E-state index is 12.5.